The summed E-state index contributed by atoms with van der Waals surface area (Å²) in [6, 6.07) is 0. The molecule has 0 amide bonds. The summed E-state index contributed by atoms with van der Waals surface area (Å²) >= 11 is 0. The molecule has 1 unspecified atom stereocenters. The van der Waals surface area contributed by atoms with Crippen LogP contribution in [0.25, 0.3) is 0 Å². The quantitative estimate of drug-likeness (QED) is 0.213. The first-order valence-corrected chi connectivity index (χ1v) is 12.8. The maximum atomic E-state index is 12.0. The van der Waals surface area contributed by atoms with E-state index in [4.69, 9.17) is 13.9 Å². The van der Waals surface area contributed by atoms with Gasteiger partial charge in [-0.2, -0.15) is 0 Å². The summed E-state index contributed by atoms with van der Waals surface area (Å²) in [6.45, 7) is 18.7. The molecule has 0 bridgehead atoms. The van der Waals surface area contributed by atoms with Crippen LogP contribution >= 0.6 is 0 Å². The Balaban J connectivity index is 4.90. The second kappa shape index (κ2) is 11.0. The van der Waals surface area contributed by atoms with E-state index in [-0.39, 0.29) is 23.1 Å². The molecule has 1 atom stereocenters. The lowest BCUT2D eigenvalue weighted by molar-refractivity contribution is -0.148. The summed E-state index contributed by atoms with van der Waals surface area (Å²) in [4.78, 5) is 23.5. The second-order valence-corrected chi connectivity index (χ2v) is 14.1. The molecule has 0 aromatic carbocycles. The highest BCUT2D eigenvalue weighted by Gasteiger charge is 2.38. The van der Waals surface area contributed by atoms with Gasteiger partial charge in [0.2, 0.25) is 0 Å². The summed E-state index contributed by atoms with van der Waals surface area (Å²) in [5.41, 5.74) is -0.517. The third-order valence-electron chi connectivity index (χ3n) is 4.53. The Hall–Kier alpha value is -1.14. The van der Waals surface area contributed by atoms with E-state index in [1.807, 2.05) is 27.7 Å². The van der Waals surface area contributed by atoms with Gasteiger partial charge >= 0.3 is 11.9 Å². The van der Waals surface area contributed by atoms with Crippen LogP contribution in [0.3, 0.4) is 0 Å². The van der Waals surface area contributed by atoms with Crippen LogP contribution in [-0.4, -0.2) is 38.6 Å². The van der Waals surface area contributed by atoms with Gasteiger partial charge in [-0.3, -0.25) is 4.79 Å². The van der Waals surface area contributed by atoms with Crippen LogP contribution in [0.2, 0.25) is 18.1 Å². The van der Waals surface area contributed by atoms with Crippen LogP contribution in [0.5, 0.6) is 0 Å². The maximum Gasteiger partial charge on any atom is 0.331 e. The van der Waals surface area contributed by atoms with E-state index in [1.165, 1.54) is 6.08 Å². The fraction of sp³-hybridized carbons (Fsp3) is 0.810. The van der Waals surface area contributed by atoms with E-state index >= 15 is 0 Å². The van der Waals surface area contributed by atoms with Gasteiger partial charge in [0.1, 0.15) is 5.60 Å². The lowest BCUT2D eigenvalue weighted by Gasteiger charge is -2.38. The van der Waals surface area contributed by atoms with Crippen molar-refractivity contribution in [3.05, 3.63) is 12.2 Å². The second-order valence-electron chi connectivity index (χ2n) is 9.36. The predicted molar refractivity (Wildman–Crippen MR) is 112 cm³/mol. The average Bonchev–Trinajstić information content (AvgIpc) is 2.46. The fourth-order valence-electron chi connectivity index (χ4n) is 2.12. The van der Waals surface area contributed by atoms with Crippen molar-refractivity contribution in [3.8, 4) is 0 Å². The molecule has 0 aliphatic heterocycles. The first-order valence-electron chi connectivity index (χ1n) is 9.92. The first kappa shape index (κ1) is 25.9. The Kier molecular flexibility index (Phi) is 10.5. The molecule has 0 aromatic heterocycles. The van der Waals surface area contributed by atoms with Crippen LogP contribution in [-0.2, 0) is 23.5 Å². The van der Waals surface area contributed by atoms with Gasteiger partial charge in [0.05, 0.1) is 12.7 Å². The van der Waals surface area contributed by atoms with Gasteiger partial charge < -0.3 is 13.9 Å². The Morgan fingerprint density at radius 3 is 2.11 bits per heavy atom. The van der Waals surface area contributed by atoms with Crippen LogP contribution in [0, 0.1) is 0 Å². The van der Waals surface area contributed by atoms with Gasteiger partial charge in [0.15, 0.2) is 8.32 Å². The molecule has 0 N–H and O–H groups in total. The van der Waals surface area contributed by atoms with E-state index in [1.54, 1.807) is 6.08 Å². The van der Waals surface area contributed by atoms with Crippen molar-refractivity contribution < 1.29 is 23.5 Å². The van der Waals surface area contributed by atoms with Crippen molar-refractivity contribution in [2.24, 2.45) is 0 Å². The molecule has 5 nitrogen and oxygen atoms in total. The van der Waals surface area contributed by atoms with Gasteiger partial charge in [-0.1, -0.05) is 27.2 Å². The zero-order valence-corrected chi connectivity index (χ0v) is 19.8. The van der Waals surface area contributed by atoms with Crippen LogP contribution in [0.4, 0.5) is 0 Å². The molecule has 0 fully saturated rings. The zero-order valence-electron chi connectivity index (χ0n) is 18.8. The smallest absolute Gasteiger partial charge is 0.331 e. The number of hydrogen-bond donors (Lipinski definition) is 0. The largest absolute Gasteiger partial charge is 0.466 e. The minimum atomic E-state index is -1.98. The molecule has 0 heterocycles. The van der Waals surface area contributed by atoms with Gasteiger partial charge in [-0.25, -0.2) is 4.79 Å². The van der Waals surface area contributed by atoms with Crippen molar-refractivity contribution in [2.45, 2.75) is 104 Å². The van der Waals surface area contributed by atoms with E-state index in [0.29, 0.717) is 13.0 Å². The minimum Gasteiger partial charge on any atom is -0.466 e. The Bertz CT molecular complexity index is 498. The zero-order chi connectivity index (χ0) is 21.3. The predicted octanol–water partition coefficient (Wildman–Crippen LogP) is 5.40. The van der Waals surface area contributed by atoms with Gasteiger partial charge in [-0.05, 0) is 64.7 Å². The highest BCUT2D eigenvalue weighted by molar-refractivity contribution is 6.74. The summed E-state index contributed by atoms with van der Waals surface area (Å²) in [6.07, 6.45) is 5.85. The highest BCUT2D eigenvalue weighted by Crippen LogP contribution is 2.38. The van der Waals surface area contributed by atoms with Crippen molar-refractivity contribution in [2.75, 3.05) is 6.61 Å². The van der Waals surface area contributed by atoms with Gasteiger partial charge in [-0.15, -0.1) is 0 Å². The first-order chi connectivity index (χ1) is 12.2. The fourth-order valence-corrected chi connectivity index (χ4v) is 3.43. The Morgan fingerprint density at radius 2 is 1.63 bits per heavy atom. The highest BCUT2D eigenvalue weighted by atomic mass is 28.4. The lowest BCUT2D eigenvalue weighted by Crippen LogP contribution is -2.43. The van der Waals surface area contributed by atoms with E-state index in [2.05, 4.69) is 33.9 Å². The third kappa shape index (κ3) is 12.0. The summed E-state index contributed by atoms with van der Waals surface area (Å²) < 4.78 is 16.8. The molecule has 0 radical (unpaired) electrons. The van der Waals surface area contributed by atoms with Crippen LogP contribution in [0.1, 0.15) is 74.1 Å². The van der Waals surface area contributed by atoms with E-state index in [0.717, 1.165) is 19.3 Å². The summed E-state index contributed by atoms with van der Waals surface area (Å²) in [7, 11) is -1.98. The molecule has 0 saturated heterocycles. The molecule has 0 aliphatic rings. The van der Waals surface area contributed by atoms with Crippen LogP contribution < -0.4 is 0 Å². The number of ether oxygens (including phenoxy) is 2. The van der Waals surface area contributed by atoms with Crippen molar-refractivity contribution in [1.29, 1.82) is 0 Å². The average molecular weight is 401 g/mol. The number of carbonyl (C=O) groups is 2. The topological polar surface area (TPSA) is 61.8 Å². The molecule has 27 heavy (non-hydrogen) atoms. The van der Waals surface area contributed by atoms with Crippen molar-refractivity contribution in [3.63, 3.8) is 0 Å². The third-order valence-corrected chi connectivity index (χ3v) is 9.04. The Labute approximate surface area is 167 Å². The number of carbonyl (C=O) groups excluding carboxylic acids is 2. The normalized spacial score (nSPS) is 14.3. The van der Waals surface area contributed by atoms with Gasteiger partial charge in [0, 0.05) is 12.5 Å². The van der Waals surface area contributed by atoms with E-state index < -0.39 is 13.9 Å². The summed E-state index contributed by atoms with van der Waals surface area (Å²) in [5.74, 6) is -0.526. The molecule has 158 valence electrons. The molecule has 0 aromatic rings. The molecule has 0 rings (SSSR count). The maximum absolute atomic E-state index is 12.0. The lowest BCUT2D eigenvalue weighted by atomic mass is 10.1. The molecule has 0 spiro atoms. The molecule has 0 aliphatic carbocycles. The van der Waals surface area contributed by atoms with Gasteiger partial charge in [0.25, 0.3) is 0 Å². The number of unbranched alkanes of at least 4 members (excludes halogenated alkanes) is 1. The van der Waals surface area contributed by atoms with Crippen molar-refractivity contribution in [1.82, 2.24) is 0 Å². The number of rotatable bonds is 10. The minimum absolute atomic E-state index is 0.0793. The summed E-state index contributed by atoms with van der Waals surface area (Å²) in [5, 5.41) is 0.0793. The Morgan fingerprint density at radius 1 is 1.04 bits per heavy atom. The van der Waals surface area contributed by atoms with E-state index in [9.17, 15) is 9.59 Å². The SMILES string of the molecule is CCOC(=O)CCCCC(/C=C/C(=O)OC(C)(C)C)O[Si](C)(C)C(C)(C)C. The molecule has 0 saturated carbocycles. The number of hydrogen-bond acceptors (Lipinski definition) is 5. The standard InChI is InChI=1S/C21H40O5Si/c1-10-24-18(22)14-12-11-13-17(26-27(8,9)21(5,6)7)15-16-19(23)25-20(2,3)4/h15-17H,10-14H2,1-9H3/b16-15+. The molecule has 6 heteroatoms. The molecular weight excluding hydrogens is 360 g/mol. The monoisotopic (exact) mass is 400 g/mol. The molecular formula is C21H40O5Si. The number of esters is 2. The van der Waals surface area contributed by atoms with Crippen molar-refractivity contribution >= 4 is 20.3 Å². The van der Waals surface area contributed by atoms with Crippen LogP contribution in [0.15, 0.2) is 12.2 Å².